The monoisotopic (exact) mass is 308 g/mol. The highest BCUT2D eigenvalue weighted by molar-refractivity contribution is 5.85. The molecular formula is C14H17ClN4O2. The first kappa shape index (κ1) is 15.5. The van der Waals surface area contributed by atoms with E-state index in [0.29, 0.717) is 0 Å². The molecule has 112 valence electrons. The second kappa shape index (κ2) is 6.69. The lowest BCUT2D eigenvalue weighted by Crippen LogP contribution is -2.21. The first-order valence-electron chi connectivity index (χ1n) is 6.64. The number of halogens is 1. The number of hydrogen-bond donors (Lipinski definition) is 1. The van der Waals surface area contributed by atoms with Gasteiger partial charge in [-0.3, -0.25) is 4.90 Å². The third kappa shape index (κ3) is 3.59. The molecule has 3 rings (SSSR count). The molecule has 1 aromatic heterocycles. The van der Waals surface area contributed by atoms with Gasteiger partial charge in [-0.05, 0) is 12.0 Å². The van der Waals surface area contributed by atoms with Gasteiger partial charge in [-0.2, -0.15) is 0 Å². The average molecular weight is 309 g/mol. The zero-order valence-corrected chi connectivity index (χ0v) is 12.2. The summed E-state index contributed by atoms with van der Waals surface area (Å²) in [6.07, 6.45) is 2.48. The summed E-state index contributed by atoms with van der Waals surface area (Å²) in [5.74, 6) is -1.03. The van der Waals surface area contributed by atoms with E-state index in [1.165, 1.54) is 11.8 Å². The Hall–Kier alpha value is -1.92. The number of aromatic carboxylic acids is 1. The second-order valence-electron chi connectivity index (χ2n) is 5.05. The molecule has 1 N–H and O–H groups in total. The van der Waals surface area contributed by atoms with Crippen LogP contribution in [0.15, 0.2) is 36.5 Å². The van der Waals surface area contributed by atoms with E-state index in [4.69, 9.17) is 5.11 Å². The van der Waals surface area contributed by atoms with Gasteiger partial charge in [-0.25, -0.2) is 9.48 Å². The molecule has 2 heterocycles. The lowest BCUT2D eigenvalue weighted by molar-refractivity contribution is 0.0690. The molecule has 0 bridgehead atoms. The van der Waals surface area contributed by atoms with Crippen LogP contribution in [0.4, 0.5) is 0 Å². The fourth-order valence-electron chi connectivity index (χ4n) is 2.57. The number of nitrogens with zero attached hydrogens (tertiary/aromatic N) is 4. The summed E-state index contributed by atoms with van der Waals surface area (Å²) < 4.78 is 1.68. The molecule has 2 aromatic rings. The van der Waals surface area contributed by atoms with Gasteiger partial charge in [0, 0.05) is 19.6 Å². The lowest BCUT2D eigenvalue weighted by atomic mass is 10.2. The van der Waals surface area contributed by atoms with Crippen molar-refractivity contribution in [3.05, 3.63) is 47.8 Å². The Morgan fingerprint density at radius 2 is 2.10 bits per heavy atom. The van der Waals surface area contributed by atoms with Crippen molar-refractivity contribution < 1.29 is 9.90 Å². The van der Waals surface area contributed by atoms with Crippen molar-refractivity contribution in [1.82, 2.24) is 19.9 Å². The number of carboxylic acids is 1. The molecule has 21 heavy (non-hydrogen) atoms. The van der Waals surface area contributed by atoms with E-state index in [9.17, 15) is 4.79 Å². The van der Waals surface area contributed by atoms with Gasteiger partial charge >= 0.3 is 5.97 Å². The first-order chi connectivity index (χ1) is 9.72. The van der Waals surface area contributed by atoms with Crippen LogP contribution in [-0.2, 0) is 6.54 Å². The number of aromatic nitrogens is 3. The zero-order valence-electron chi connectivity index (χ0n) is 11.4. The van der Waals surface area contributed by atoms with Gasteiger partial charge in [0.05, 0.1) is 12.2 Å². The van der Waals surface area contributed by atoms with Gasteiger partial charge < -0.3 is 5.11 Å². The standard InChI is InChI=1S/C14H16N4O2.ClH/c19-14(20)13-10-18(16-15-13)12-6-7-17(9-12)8-11-4-2-1-3-5-11;/h1-5,10,12H,6-9H2,(H,19,20);1H. The van der Waals surface area contributed by atoms with Crippen LogP contribution in [0, 0.1) is 0 Å². The number of carboxylic acid groups (broad SMARTS) is 1. The summed E-state index contributed by atoms with van der Waals surface area (Å²) in [7, 11) is 0. The van der Waals surface area contributed by atoms with E-state index in [-0.39, 0.29) is 24.1 Å². The molecule has 6 nitrogen and oxygen atoms in total. The largest absolute Gasteiger partial charge is 0.476 e. The molecule has 1 atom stereocenters. The summed E-state index contributed by atoms with van der Waals surface area (Å²) in [5, 5.41) is 16.4. The summed E-state index contributed by atoms with van der Waals surface area (Å²) in [5.41, 5.74) is 1.30. The maximum Gasteiger partial charge on any atom is 0.358 e. The summed E-state index contributed by atoms with van der Waals surface area (Å²) >= 11 is 0. The fourth-order valence-corrected chi connectivity index (χ4v) is 2.57. The summed E-state index contributed by atoms with van der Waals surface area (Å²) in [6, 6.07) is 10.5. The molecule has 7 heteroatoms. The van der Waals surface area contributed by atoms with Crippen LogP contribution < -0.4 is 0 Å². The molecule has 0 spiro atoms. The van der Waals surface area contributed by atoms with Gasteiger partial charge in [-0.15, -0.1) is 17.5 Å². The van der Waals surface area contributed by atoms with E-state index in [1.54, 1.807) is 4.68 Å². The Bertz CT molecular complexity index is 602. The van der Waals surface area contributed by atoms with Crippen molar-refractivity contribution in [3.63, 3.8) is 0 Å². The quantitative estimate of drug-likeness (QED) is 0.933. The van der Waals surface area contributed by atoms with E-state index in [2.05, 4.69) is 27.3 Å². The van der Waals surface area contributed by atoms with Crippen LogP contribution in [0.2, 0.25) is 0 Å². The molecule has 0 radical (unpaired) electrons. The smallest absolute Gasteiger partial charge is 0.358 e. The van der Waals surface area contributed by atoms with Crippen LogP contribution >= 0.6 is 12.4 Å². The zero-order chi connectivity index (χ0) is 13.9. The topological polar surface area (TPSA) is 71.2 Å². The minimum absolute atomic E-state index is 0. The van der Waals surface area contributed by atoms with E-state index in [1.807, 2.05) is 18.2 Å². The summed E-state index contributed by atoms with van der Waals surface area (Å²) in [6.45, 7) is 2.77. The van der Waals surface area contributed by atoms with Crippen molar-refractivity contribution in [1.29, 1.82) is 0 Å². The van der Waals surface area contributed by atoms with Gasteiger partial charge in [0.15, 0.2) is 5.69 Å². The van der Waals surface area contributed by atoms with Gasteiger partial charge in [0.2, 0.25) is 0 Å². The number of rotatable bonds is 4. The number of likely N-dealkylation sites (tertiary alicyclic amines) is 1. The molecule has 0 aliphatic carbocycles. The first-order valence-corrected chi connectivity index (χ1v) is 6.64. The molecule has 1 aliphatic heterocycles. The van der Waals surface area contributed by atoms with E-state index >= 15 is 0 Å². The third-order valence-corrected chi connectivity index (χ3v) is 3.60. The Labute approximate surface area is 128 Å². The van der Waals surface area contributed by atoms with Crippen LogP contribution in [0.5, 0.6) is 0 Å². The van der Waals surface area contributed by atoms with Crippen molar-refractivity contribution in [2.45, 2.75) is 19.0 Å². The van der Waals surface area contributed by atoms with E-state index < -0.39 is 5.97 Å². The average Bonchev–Trinajstić information content (AvgIpc) is 3.08. The van der Waals surface area contributed by atoms with Crippen LogP contribution in [0.3, 0.4) is 0 Å². The number of hydrogen-bond acceptors (Lipinski definition) is 4. The highest BCUT2D eigenvalue weighted by atomic mass is 35.5. The molecule has 1 fully saturated rings. The van der Waals surface area contributed by atoms with Crippen molar-refractivity contribution in [3.8, 4) is 0 Å². The third-order valence-electron chi connectivity index (χ3n) is 3.60. The molecule has 0 saturated carbocycles. The highest BCUT2D eigenvalue weighted by Crippen LogP contribution is 2.22. The summed E-state index contributed by atoms with van der Waals surface area (Å²) in [4.78, 5) is 13.2. The molecule has 0 amide bonds. The number of benzene rings is 1. The van der Waals surface area contributed by atoms with Gasteiger partial charge in [0.1, 0.15) is 0 Å². The Balaban J connectivity index is 0.00000161. The Morgan fingerprint density at radius 3 is 2.76 bits per heavy atom. The predicted octanol–water partition coefficient (Wildman–Crippen LogP) is 1.85. The molecule has 1 aromatic carbocycles. The lowest BCUT2D eigenvalue weighted by Gasteiger charge is -2.15. The van der Waals surface area contributed by atoms with Crippen molar-refractivity contribution in [2.24, 2.45) is 0 Å². The SMILES string of the molecule is Cl.O=C(O)c1cn(C2CCN(Cc3ccccc3)C2)nn1. The minimum Gasteiger partial charge on any atom is -0.476 e. The van der Waals surface area contributed by atoms with Crippen molar-refractivity contribution >= 4 is 18.4 Å². The normalized spacial score (nSPS) is 18.4. The van der Waals surface area contributed by atoms with Crippen LogP contribution in [0.1, 0.15) is 28.5 Å². The maximum atomic E-state index is 10.8. The van der Waals surface area contributed by atoms with Crippen LogP contribution in [0.25, 0.3) is 0 Å². The highest BCUT2D eigenvalue weighted by Gasteiger charge is 2.25. The van der Waals surface area contributed by atoms with Crippen molar-refractivity contribution in [2.75, 3.05) is 13.1 Å². The molecule has 1 unspecified atom stereocenters. The second-order valence-corrected chi connectivity index (χ2v) is 5.05. The predicted molar refractivity (Wildman–Crippen MR) is 79.6 cm³/mol. The minimum atomic E-state index is -1.03. The maximum absolute atomic E-state index is 10.8. The Kier molecular flexibility index (Phi) is 4.93. The molecular weight excluding hydrogens is 292 g/mol. The van der Waals surface area contributed by atoms with Gasteiger partial charge in [-0.1, -0.05) is 35.5 Å². The fraction of sp³-hybridized carbons (Fsp3) is 0.357. The molecule has 1 aliphatic rings. The van der Waals surface area contributed by atoms with Crippen LogP contribution in [-0.4, -0.2) is 44.1 Å². The number of carbonyl (C=O) groups is 1. The van der Waals surface area contributed by atoms with Gasteiger partial charge in [0.25, 0.3) is 0 Å². The molecule has 1 saturated heterocycles. The van der Waals surface area contributed by atoms with E-state index in [0.717, 1.165) is 26.1 Å². The Morgan fingerprint density at radius 1 is 1.33 bits per heavy atom.